The number of hydrogen-bond acceptors (Lipinski definition) is 3. The summed E-state index contributed by atoms with van der Waals surface area (Å²) in [6.45, 7) is 3.90. The average Bonchev–Trinajstić information content (AvgIpc) is 2.36. The van der Waals surface area contributed by atoms with E-state index in [-0.39, 0.29) is 11.7 Å². The molecule has 1 atom stereocenters. The van der Waals surface area contributed by atoms with Gasteiger partial charge in [0.1, 0.15) is 11.5 Å². The van der Waals surface area contributed by atoms with Gasteiger partial charge in [-0.2, -0.15) is 0 Å². The number of hydrogen-bond donors (Lipinski definition) is 0. The molecule has 0 radical (unpaired) electrons. The number of Topliss-reactive ketones (excluding diaryl/α,β-unsaturated/α-hetero) is 1. The van der Waals surface area contributed by atoms with E-state index in [9.17, 15) is 4.79 Å². The molecule has 1 aromatic carbocycles. The van der Waals surface area contributed by atoms with Gasteiger partial charge in [-0.1, -0.05) is 13.8 Å². The molecule has 0 aliphatic carbocycles. The SMILES string of the molecule is CCC(C)C(=O)c1cc(OC)c(Br)cc1OC. The van der Waals surface area contributed by atoms with E-state index in [1.165, 1.54) is 0 Å². The number of ether oxygens (including phenoxy) is 2. The molecule has 94 valence electrons. The van der Waals surface area contributed by atoms with E-state index < -0.39 is 0 Å². The van der Waals surface area contributed by atoms with Crippen molar-refractivity contribution < 1.29 is 14.3 Å². The largest absolute Gasteiger partial charge is 0.496 e. The monoisotopic (exact) mass is 300 g/mol. The second-order valence-electron chi connectivity index (χ2n) is 3.86. The Hall–Kier alpha value is -1.03. The standard InChI is InChI=1S/C13H17BrO3/c1-5-8(2)13(15)9-6-12(17-4)10(14)7-11(9)16-3/h6-8H,5H2,1-4H3. The van der Waals surface area contributed by atoms with Gasteiger partial charge in [-0.25, -0.2) is 0 Å². The van der Waals surface area contributed by atoms with Crippen LogP contribution in [0.2, 0.25) is 0 Å². The van der Waals surface area contributed by atoms with Gasteiger partial charge in [0.15, 0.2) is 5.78 Å². The Kier molecular flexibility index (Phi) is 5.00. The topological polar surface area (TPSA) is 35.5 Å². The third kappa shape index (κ3) is 3.00. The van der Waals surface area contributed by atoms with Crippen LogP contribution < -0.4 is 9.47 Å². The molecule has 0 spiro atoms. The lowest BCUT2D eigenvalue weighted by Crippen LogP contribution is -2.12. The quantitative estimate of drug-likeness (QED) is 0.778. The highest BCUT2D eigenvalue weighted by Crippen LogP contribution is 2.34. The van der Waals surface area contributed by atoms with Crippen LogP contribution in [0.5, 0.6) is 11.5 Å². The molecule has 0 amide bonds. The van der Waals surface area contributed by atoms with Crippen LogP contribution in [0.3, 0.4) is 0 Å². The van der Waals surface area contributed by atoms with Crippen molar-refractivity contribution in [2.24, 2.45) is 5.92 Å². The van der Waals surface area contributed by atoms with Crippen LogP contribution in [0.15, 0.2) is 16.6 Å². The van der Waals surface area contributed by atoms with Gasteiger partial charge in [-0.05, 0) is 34.5 Å². The highest BCUT2D eigenvalue weighted by Gasteiger charge is 2.20. The Balaban J connectivity index is 3.25. The maximum Gasteiger partial charge on any atom is 0.169 e. The Morgan fingerprint density at radius 3 is 2.35 bits per heavy atom. The Morgan fingerprint density at radius 1 is 1.29 bits per heavy atom. The Labute approximate surface area is 110 Å². The summed E-state index contributed by atoms with van der Waals surface area (Å²) in [7, 11) is 3.13. The number of carbonyl (C=O) groups excluding carboxylic acids is 1. The summed E-state index contributed by atoms with van der Waals surface area (Å²) < 4.78 is 11.2. The third-order valence-corrected chi connectivity index (χ3v) is 3.42. The van der Waals surface area contributed by atoms with Crippen molar-refractivity contribution in [1.29, 1.82) is 0 Å². The molecule has 0 fully saturated rings. The van der Waals surface area contributed by atoms with Crippen molar-refractivity contribution in [2.45, 2.75) is 20.3 Å². The zero-order valence-corrected chi connectivity index (χ0v) is 12.1. The summed E-state index contributed by atoms with van der Waals surface area (Å²) in [6, 6.07) is 3.48. The second kappa shape index (κ2) is 6.05. The fourth-order valence-electron chi connectivity index (χ4n) is 1.50. The molecule has 17 heavy (non-hydrogen) atoms. The lowest BCUT2D eigenvalue weighted by molar-refractivity contribution is 0.0924. The van der Waals surface area contributed by atoms with Crippen molar-refractivity contribution in [1.82, 2.24) is 0 Å². The highest BCUT2D eigenvalue weighted by atomic mass is 79.9. The van der Waals surface area contributed by atoms with E-state index in [0.717, 1.165) is 10.9 Å². The van der Waals surface area contributed by atoms with E-state index in [0.29, 0.717) is 17.1 Å². The molecule has 0 aromatic heterocycles. The lowest BCUT2D eigenvalue weighted by atomic mass is 9.96. The minimum Gasteiger partial charge on any atom is -0.496 e. The van der Waals surface area contributed by atoms with Crippen molar-refractivity contribution in [3.63, 3.8) is 0 Å². The first-order chi connectivity index (χ1) is 8.04. The number of methoxy groups -OCH3 is 2. The first kappa shape index (κ1) is 14.0. The van der Waals surface area contributed by atoms with Gasteiger partial charge < -0.3 is 9.47 Å². The molecule has 0 saturated carbocycles. The first-order valence-electron chi connectivity index (χ1n) is 5.50. The summed E-state index contributed by atoms with van der Waals surface area (Å²) in [4.78, 5) is 12.2. The highest BCUT2D eigenvalue weighted by molar-refractivity contribution is 9.10. The smallest absolute Gasteiger partial charge is 0.169 e. The van der Waals surface area contributed by atoms with Gasteiger partial charge >= 0.3 is 0 Å². The molecule has 0 aliphatic heterocycles. The molecule has 0 N–H and O–H groups in total. The van der Waals surface area contributed by atoms with Crippen molar-refractivity contribution in [3.05, 3.63) is 22.2 Å². The van der Waals surface area contributed by atoms with E-state index in [1.807, 2.05) is 13.8 Å². The van der Waals surface area contributed by atoms with Crippen LogP contribution in [0.4, 0.5) is 0 Å². The molecule has 1 aromatic rings. The number of rotatable bonds is 5. The van der Waals surface area contributed by atoms with Crippen molar-refractivity contribution in [3.8, 4) is 11.5 Å². The van der Waals surface area contributed by atoms with Gasteiger partial charge in [0, 0.05) is 5.92 Å². The summed E-state index contributed by atoms with van der Waals surface area (Å²) in [5.41, 5.74) is 0.571. The molecule has 1 unspecified atom stereocenters. The van der Waals surface area contributed by atoms with Crippen LogP contribution in [-0.4, -0.2) is 20.0 Å². The molecule has 0 bridgehead atoms. The van der Waals surface area contributed by atoms with E-state index in [4.69, 9.17) is 9.47 Å². The first-order valence-corrected chi connectivity index (χ1v) is 6.30. The van der Waals surface area contributed by atoms with Gasteiger partial charge in [-0.15, -0.1) is 0 Å². The maximum atomic E-state index is 12.2. The van der Waals surface area contributed by atoms with Crippen LogP contribution >= 0.6 is 15.9 Å². The zero-order valence-electron chi connectivity index (χ0n) is 10.5. The van der Waals surface area contributed by atoms with Crippen LogP contribution in [0.25, 0.3) is 0 Å². The Bertz CT molecular complexity index is 415. The zero-order chi connectivity index (χ0) is 13.0. The summed E-state index contributed by atoms with van der Waals surface area (Å²) >= 11 is 3.37. The molecule has 4 heteroatoms. The van der Waals surface area contributed by atoms with Crippen LogP contribution in [0, 0.1) is 5.92 Å². The second-order valence-corrected chi connectivity index (χ2v) is 4.71. The molecule has 0 aliphatic rings. The van der Waals surface area contributed by atoms with Crippen LogP contribution in [0.1, 0.15) is 30.6 Å². The molecule has 1 rings (SSSR count). The number of benzene rings is 1. The molecule has 3 nitrogen and oxygen atoms in total. The predicted octanol–water partition coefficient (Wildman–Crippen LogP) is 3.70. The van der Waals surface area contributed by atoms with Crippen molar-refractivity contribution >= 4 is 21.7 Å². The van der Waals surface area contributed by atoms with Gasteiger partial charge in [-0.3, -0.25) is 4.79 Å². The van der Waals surface area contributed by atoms with Gasteiger partial charge in [0.2, 0.25) is 0 Å². The molecule has 0 heterocycles. The van der Waals surface area contributed by atoms with Gasteiger partial charge in [0.05, 0.1) is 24.3 Å². The minimum atomic E-state index is -0.0187. The van der Waals surface area contributed by atoms with Gasteiger partial charge in [0.25, 0.3) is 0 Å². The minimum absolute atomic E-state index is 0.0187. The molecular weight excluding hydrogens is 284 g/mol. The van der Waals surface area contributed by atoms with E-state index >= 15 is 0 Å². The normalized spacial score (nSPS) is 12.1. The van der Waals surface area contributed by atoms with Crippen LogP contribution in [-0.2, 0) is 0 Å². The fraction of sp³-hybridized carbons (Fsp3) is 0.462. The van der Waals surface area contributed by atoms with Crippen molar-refractivity contribution in [2.75, 3.05) is 14.2 Å². The molecule has 0 saturated heterocycles. The number of ketones is 1. The third-order valence-electron chi connectivity index (χ3n) is 2.80. The predicted molar refractivity (Wildman–Crippen MR) is 71.0 cm³/mol. The summed E-state index contributed by atoms with van der Waals surface area (Å²) in [6.07, 6.45) is 0.806. The van der Waals surface area contributed by atoms with E-state index in [1.54, 1.807) is 26.4 Å². The number of halogens is 1. The number of carbonyl (C=O) groups is 1. The lowest BCUT2D eigenvalue weighted by Gasteiger charge is -2.14. The average molecular weight is 301 g/mol. The van der Waals surface area contributed by atoms with E-state index in [2.05, 4.69) is 15.9 Å². The summed E-state index contributed by atoms with van der Waals surface area (Å²) in [5, 5.41) is 0. The Morgan fingerprint density at radius 2 is 1.88 bits per heavy atom. The molecular formula is C13H17BrO3. The fourth-order valence-corrected chi connectivity index (χ4v) is 1.99. The summed E-state index contributed by atoms with van der Waals surface area (Å²) in [5.74, 6) is 1.27. The maximum absolute atomic E-state index is 12.2.